The van der Waals surface area contributed by atoms with Crippen LogP contribution in [0.1, 0.15) is 0 Å². The number of hydrogen-bond acceptors (Lipinski definition) is 2. The van der Waals surface area contributed by atoms with Gasteiger partial charge in [0.05, 0.1) is 4.90 Å². The minimum atomic E-state index is -3.19. The van der Waals surface area contributed by atoms with E-state index in [9.17, 15) is 8.42 Å². The topological polar surface area (TPSA) is 49.9 Å². The number of benzene rings is 1. The molecule has 0 aliphatic rings. The molecule has 2 aromatic rings. The van der Waals surface area contributed by atoms with E-state index in [1.165, 1.54) is 12.5 Å². The maximum atomic E-state index is 11.4. The van der Waals surface area contributed by atoms with E-state index in [1.54, 1.807) is 18.2 Å². The zero-order valence-corrected chi connectivity index (χ0v) is 8.98. The van der Waals surface area contributed by atoms with Crippen molar-refractivity contribution in [3.63, 3.8) is 0 Å². The van der Waals surface area contributed by atoms with Crippen LogP contribution in [0.5, 0.6) is 0 Å². The van der Waals surface area contributed by atoms with Gasteiger partial charge in [0.25, 0.3) is 0 Å². The van der Waals surface area contributed by atoms with Crippen LogP contribution in [0.15, 0.2) is 29.3 Å². The van der Waals surface area contributed by atoms with Gasteiger partial charge in [0.15, 0.2) is 9.84 Å². The lowest BCUT2D eigenvalue weighted by molar-refractivity contribution is 0.602. The minimum absolute atomic E-state index is 0.287. The molecular formula is C9H8ClNO2S. The largest absolute Gasteiger partial charge is 0.360 e. The molecule has 1 N–H and O–H groups in total. The van der Waals surface area contributed by atoms with Crippen molar-refractivity contribution >= 4 is 32.3 Å². The lowest BCUT2D eigenvalue weighted by atomic mass is 10.2. The van der Waals surface area contributed by atoms with Crippen molar-refractivity contribution < 1.29 is 8.42 Å². The van der Waals surface area contributed by atoms with Crippen molar-refractivity contribution in [2.24, 2.45) is 0 Å². The molecule has 0 aliphatic heterocycles. The summed E-state index contributed by atoms with van der Waals surface area (Å²) in [7, 11) is -3.19. The zero-order valence-electron chi connectivity index (χ0n) is 7.41. The number of H-pyrrole nitrogens is 1. The van der Waals surface area contributed by atoms with Gasteiger partial charge in [-0.15, -0.1) is 0 Å². The fourth-order valence-corrected chi connectivity index (χ4v) is 2.39. The van der Waals surface area contributed by atoms with Gasteiger partial charge in [-0.3, -0.25) is 0 Å². The van der Waals surface area contributed by atoms with Crippen LogP contribution in [0.3, 0.4) is 0 Å². The molecule has 0 atom stereocenters. The minimum Gasteiger partial charge on any atom is -0.360 e. The second-order valence-electron chi connectivity index (χ2n) is 3.11. The van der Waals surface area contributed by atoms with Crippen LogP contribution in [0, 0.1) is 0 Å². The monoisotopic (exact) mass is 229 g/mol. The molecule has 0 spiro atoms. The van der Waals surface area contributed by atoms with Crippen molar-refractivity contribution in [3.8, 4) is 0 Å². The molecule has 14 heavy (non-hydrogen) atoms. The zero-order chi connectivity index (χ0) is 10.3. The molecule has 0 unspecified atom stereocenters. The van der Waals surface area contributed by atoms with Crippen molar-refractivity contribution in [1.82, 2.24) is 4.98 Å². The smallest absolute Gasteiger partial charge is 0.177 e. The highest BCUT2D eigenvalue weighted by Gasteiger charge is 2.13. The molecule has 0 saturated carbocycles. The van der Waals surface area contributed by atoms with E-state index >= 15 is 0 Å². The number of nitrogens with one attached hydrogen (secondary N) is 1. The molecule has 1 aromatic heterocycles. The Balaban J connectivity index is 2.87. The van der Waals surface area contributed by atoms with E-state index in [0.29, 0.717) is 10.4 Å². The molecule has 1 heterocycles. The first kappa shape index (κ1) is 9.55. The predicted molar refractivity (Wildman–Crippen MR) is 56.4 cm³/mol. The van der Waals surface area contributed by atoms with Gasteiger partial charge in [-0.1, -0.05) is 11.6 Å². The highest BCUT2D eigenvalue weighted by atomic mass is 35.5. The first-order valence-corrected chi connectivity index (χ1v) is 6.22. The summed E-state index contributed by atoms with van der Waals surface area (Å²) in [5, 5.41) is 1.17. The fourth-order valence-electron chi connectivity index (χ4n) is 1.37. The van der Waals surface area contributed by atoms with Crippen molar-refractivity contribution in [3.05, 3.63) is 29.4 Å². The second-order valence-corrected chi connectivity index (χ2v) is 5.54. The third-order valence-corrected chi connectivity index (χ3v) is 3.38. The lowest BCUT2D eigenvalue weighted by Gasteiger charge is -1.95. The normalized spacial score (nSPS) is 12.1. The summed E-state index contributed by atoms with van der Waals surface area (Å²) in [5.74, 6) is 0. The summed E-state index contributed by atoms with van der Waals surface area (Å²) >= 11 is 5.79. The van der Waals surface area contributed by atoms with Gasteiger partial charge in [0.2, 0.25) is 0 Å². The molecule has 0 fully saturated rings. The average Bonchev–Trinajstić information content (AvgIpc) is 2.45. The Morgan fingerprint density at radius 2 is 2.07 bits per heavy atom. The van der Waals surface area contributed by atoms with E-state index < -0.39 is 9.84 Å². The standard InChI is InChI=1S/C9H8ClNO2S/c1-14(12,13)9-5-11-8-3-2-6(10)4-7(8)9/h2-5,11H,1H3. The van der Waals surface area contributed by atoms with Crippen molar-refractivity contribution in [2.45, 2.75) is 4.90 Å². The Bertz CT molecular complexity index is 586. The molecule has 0 amide bonds. The SMILES string of the molecule is CS(=O)(=O)c1c[nH]c2ccc(Cl)cc12. The van der Waals surface area contributed by atoms with Crippen LogP contribution < -0.4 is 0 Å². The van der Waals surface area contributed by atoms with Crippen LogP contribution in [0.25, 0.3) is 10.9 Å². The van der Waals surface area contributed by atoms with Crippen molar-refractivity contribution in [1.29, 1.82) is 0 Å². The number of sulfone groups is 1. The van der Waals surface area contributed by atoms with E-state index in [1.807, 2.05) is 0 Å². The van der Waals surface area contributed by atoms with Gasteiger partial charge in [-0.05, 0) is 18.2 Å². The van der Waals surface area contributed by atoms with Gasteiger partial charge in [-0.25, -0.2) is 8.42 Å². The lowest BCUT2D eigenvalue weighted by Crippen LogP contribution is -1.94. The van der Waals surface area contributed by atoms with Gasteiger partial charge in [0.1, 0.15) is 0 Å². The summed E-state index contributed by atoms with van der Waals surface area (Å²) in [5.41, 5.74) is 0.773. The molecule has 0 saturated heterocycles. The number of aromatic amines is 1. The maximum Gasteiger partial charge on any atom is 0.177 e. The van der Waals surface area contributed by atoms with Gasteiger partial charge >= 0.3 is 0 Å². The molecule has 5 heteroatoms. The number of halogens is 1. The molecule has 3 nitrogen and oxygen atoms in total. The Hall–Kier alpha value is -1.00. The van der Waals surface area contributed by atoms with Crippen LogP contribution in [0.4, 0.5) is 0 Å². The average molecular weight is 230 g/mol. The maximum absolute atomic E-state index is 11.4. The third-order valence-electron chi connectivity index (χ3n) is 2.01. The van der Waals surface area contributed by atoms with E-state index in [-0.39, 0.29) is 4.90 Å². The first-order chi connectivity index (χ1) is 6.48. The van der Waals surface area contributed by atoms with Crippen LogP contribution in [0.2, 0.25) is 5.02 Å². The van der Waals surface area contributed by atoms with Gasteiger partial charge in [0, 0.05) is 28.4 Å². The number of fused-ring (bicyclic) bond motifs is 1. The summed E-state index contributed by atoms with van der Waals surface area (Å²) in [6.45, 7) is 0. The molecule has 0 radical (unpaired) electrons. The Labute approximate surface area is 86.6 Å². The molecular weight excluding hydrogens is 222 g/mol. The van der Waals surface area contributed by atoms with Crippen LogP contribution >= 0.6 is 11.6 Å². The van der Waals surface area contributed by atoms with Crippen LogP contribution in [-0.4, -0.2) is 19.7 Å². The highest BCUT2D eigenvalue weighted by Crippen LogP contribution is 2.25. The molecule has 0 bridgehead atoms. The summed E-state index contributed by atoms with van der Waals surface area (Å²) in [6, 6.07) is 5.11. The summed E-state index contributed by atoms with van der Waals surface area (Å²) in [6.07, 6.45) is 2.66. The Morgan fingerprint density at radius 3 is 2.71 bits per heavy atom. The molecule has 1 aromatic carbocycles. The second kappa shape index (κ2) is 3.00. The van der Waals surface area contributed by atoms with Gasteiger partial charge in [-0.2, -0.15) is 0 Å². The molecule has 0 aliphatic carbocycles. The van der Waals surface area contributed by atoms with Gasteiger partial charge < -0.3 is 4.98 Å². The van der Waals surface area contributed by atoms with Crippen LogP contribution in [-0.2, 0) is 9.84 Å². The Morgan fingerprint density at radius 1 is 1.36 bits per heavy atom. The number of rotatable bonds is 1. The molecule has 74 valence electrons. The summed E-state index contributed by atoms with van der Waals surface area (Å²) < 4.78 is 22.7. The Kier molecular flexibility index (Phi) is 2.05. The fraction of sp³-hybridized carbons (Fsp3) is 0.111. The predicted octanol–water partition coefficient (Wildman–Crippen LogP) is 2.22. The quantitative estimate of drug-likeness (QED) is 0.815. The van der Waals surface area contributed by atoms with Crippen molar-refractivity contribution in [2.75, 3.05) is 6.26 Å². The van der Waals surface area contributed by atoms with E-state index in [2.05, 4.69) is 4.98 Å². The summed E-state index contributed by atoms with van der Waals surface area (Å²) in [4.78, 5) is 3.17. The van der Waals surface area contributed by atoms with E-state index in [4.69, 9.17) is 11.6 Å². The molecule has 2 rings (SSSR count). The highest BCUT2D eigenvalue weighted by molar-refractivity contribution is 7.91. The third kappa shape index (κ3) is 1.51. The first-order valence-electron chi connectivity index (χ1n) is 3.95. The number of aromatic nitrogens is 1. The van der Waals surface area contributed by atoms with E-state index in [0.717, 1.165) is 5.52 Å². The number of hydrogen-bond donors (Lipinski definition) is 1.